The van der Waals surface area contributed by atoms with E-state index in [-0.39, 0.29) is 5.38 Å². The number of benzene rings is 1. The van der Waals surface area contributed by atoms with Crippen LogP contribution in [0.1, 0.15) is 43.9 Å². The largest absolute Gasteiger partial charge is 0.324 e. The van der Waals surface area contributed by atoms with E-state index in [1.54, 1.807) is 0 Å². The SMILES string of the molecule is CC1CC(n2c(C(C)Cl)nc3ccc(Br)cc32)C1. The van der Waals surface area contributed by atoms with Crippen LogP contribution in [0.5, 0.6) is 0 Å². The maximum atomic E-state index is 6.29. The van der Waals surface area contributed by atoms with Crippen molar-refractivity contribution < 1.29 is 0 Å². The van der Waals surface area contributed by atoms with Crippen LogP contribution in [0.2, 0.25) is 0 Å². The summed E-state index contributed by atoms with van der Waals surface area (Å²) in [6, 6.07) is 6.80. The number of nitrogens with zero attached hydrogens (tertiary/aromatic N) is 2. The Morgan fingerprint density at radius 1 is 1.44 bits per heavy atom. The highest BCUT2D eigenvalue weighted by Gasteiger charge is 2.31. The van der Waals surface area contributed by atoms with Crippen LogP contribution in [0.3, 0.4) is 0 Å². The highest BCUT2D eigenvalue weighted by Crippen LogP contribution is 2.41. The van der Waals surface area contributed by atoms with Gasteiger partial charge in [0, 0.05) is 10.5 Å². The summed E-state index contributed by atoms with van der Waals surface area (Å²) in [5.74, 6) is 1.82. The van der Waals surface area contributed by atoms with Crippen molar-refractivity contribution in [3.8, 4) is 0 Å². The normalized spacial score (nSPS) is 25.1. The molecule has 1 aliphatic carbocycles. The maximum absolute atomic E-state index is 6.29. The van der Waals surface area contributed by atoms with Gasteiger partial charge in [-0.05, 0) is 43.9 Å². The van der Waals surface area contributed by atoms with Gasteiger partial charge in [-0.25, -0.2) is 4.98 Å². The molecule has 1 saturated carbocycles. The summed E-state index contributed by atoms with van der Waals surface area (Å²) < 4.78 is 3.44. The molecule has 2 aromatic rings. The molecular formula is C14H16BrClN2. The molecule has 0 N–H and O–H groups in total. The van der Waals surface area contributed by atoms with Crippen molar-refractivity contribution in [2.24, 2.45) is 5.92 Å². The molecule has 0 bridgehead atoms. The van der Waals surface area contributed by atoms with Crippen LogP contribution in [-0.2, 0) is 0 Å². The number of imidazole rings is 1. The second-order valence-electron chi connectivity index (χ2n) is 5.32. The van der Waals surface area contributed by atoms with Gasteiger partial charge in [-0.15, -0.1) is 11.6 Å². The van der Waals surface area contributed by atoms with Gasteiger partial charge in [0.05, 0.1) is 16.4 Å². The Bertz CT molecular complexity index is 585. The van der Waals surface area contributed by atoms with Gasteiger partial charge in [0.2, 0.25) is 0 Å². The number of aromatic nitrogens is 2. The molecule has 1 aromatic heterocycles. The van der Waals surface area contributed by atoms with Crippen molar-refractivity contribution in [1.29, 1.82) is 0 Å². The average Bonchev–Trinajstić information content (AvgIpc) is 2.63. The summed E-state index contributed by atoms with van der Waals surface area (Å²) in [4.78, 5) is 4.69. The predicted octanol–water partition coefficient (Wildman–Crippen LogP) is 5.07. The molecule has 1 heterocycles. The minimum absolute atomic E-state index is 0.0490. The van der Waals surface area contributed by atoms with Gasteiger partial charge < -0.3 is 4.57 Å². The first-order chi connectivity index (χ1) is 8.56. The van der Waals surface area contributed by atoms with E-state index in [0.717, 1.165) is 21.7 Å². The summed E-state index contributed by atoms with van der Waals surface area (Å²) in [6.45, 7) is 4.30. The van der Waals surface area contributed by atoms with Crippen LogP contribution in [-0.4, -0.2) is 9.55 Å². The van der Waals surface area contributed by atoms with Crippen LogP contribution < -0.4 is 0 Å². The first-order valence-corrected chi connectivity index (χ1v) is 7.60. The third-order valence-electron chi connectivity index (χ3n) is 3.75. The Morgan fingerprint density at radius 3 is 2.78 bits per heavy atom. The molecule has 1 fully saturated rings. The summed E-state index contributed by atoms with van der Waals surface area (Å²) >= 11 is 9.83. The number of fused-ring (bicyclic) bond motifs is 1. The van der Waals surface area contributed by atoms with Gasteiger partial charge in [0.1, 0.15) is 5.82 Å². The molecule has 3 rings (SSSR count). The molecule has 0 saturated heterocycles. The fourth-order valence-electron chi connectivity index (χ4n) is 2.82. The summed E-state index contributed by atoms with van der Waals surface area (Å²) in [7, 11) is 0. The lowest BCUT2D eigenvalue weighted by atomic mass is 9.81. The monoisotopic (exact) mass is 326 g/mol. The second kappa shape index (κ2) is 4.53. The maximum Gasteiger partial charge on any atom is 0.127 e. The molecule has 0 amide bonds. The van der Waals surface area contributed by atoms with E-state index in [4.69, 9.17) is 16.6 Å². The smallest absolute Gasteiger partial charge is 0.127 e. The Morgan fingerprint density at radius 2 is 2.17 bits per heavy atom. The van der Waals surface area contributed by atoms with Gasteiger partial charge in [-0.3, -0.25) is 0 Å². The van der Waals surface area contributed by atoms with Gasteiger partial charge in [-0.1, -0.05) is 22.9 Å². The molecular weight excluding hydrogens is 312 g/mol. The third kappa shape index (κ3) is 1.97. The minimum Gasteiger partial charge on any atom is -0.324 e. The fourth-order valence-corrected chi connectivity index (χ4v) is 3.32. The Labute approximate surface area is 120 Å². The van der Waals surface area contributed by atoms with E-state index in [0.29, 0.717) is 6.04 Å². The molecule has 4 heteroatoms. The highest BCUT2D eigenvalue weighted by molar-refractivity contribution is 9.10. The topological polar surface area (TPSA) is 17.8 Å². The second-order valence-corrected chi connectivity index (χ2v) is 6.89. The van der Waals surface area contributed by atoms with Crippen molar-refractivity contribution in [2.45, 2.75) is 38.1 Å². The zero-order chi connectivity index (χ0) is 12.9. The zero-order valence-corrected chi connectivity index (χ0v) is 12.9. The first-order valence-electron chi connectivity index (χ1n) is 6.37. The van der Waals surface area contributed by atoms with Gasteiger partial charge >= 0.3 is 0 Å². The summed E-state index contributed by atoms with van der Waals surface area (Å²) in [5, 5.41) is -0.0490. The van der Waals surface area contributed by atoms with Gasteiger partial charge in [0.25, 0.3) is 0 Å². The molecule has 0 spiro atoms. The Kier molecular flexibility index (Phi) is 3.15. The standard InChI is InChI=1S/C14H16BrClN2/c1-8-5-11(6-8)18-13-7-10(15)3-4-12(13)17-14(18)9(2)16/h3-4,7-9,11H,5-6H2,1-2H3. The Balaban J connectivity index is 2.17. The molecule has 2 nitrogen and oxygen atoms in total. The van der Waals surface area contributed by atoms with Gasteiger partial charge in [-0.2, -0.15) is 0 Å². The third-order valence-corrected chi connectivity index (χ3v) is 4.44. The predicted molar refractivity (Wildman–Crippen MR) is 79.1 cm³/mol. The molecule has 18 heavy (non-hydrogen) atoms. The molecule has 1 atom stereocenters. The summed E-state index contributed by atoms with van der Waals surface area (Å²) in [5.41, 5.74) is 2.24. The molecule has 1 aliphatic rings. The van der Waals surface area contributed by atoms with Crippen molar-refractivity contribution in [3.05, 3.63) is 28.5 Å². The molecule has 96 valence electrons. The van der Waals surface area contributed by atoms with Gasteiger partial charge in [0.15, 0.2) is 0 Å². The zero-order valence-electron chi connectivity index (χ0n) is 10.5. The summed E-state index contributed by atoms with van der Waals surface area (Å²) in [6.07, 6.45) is 2.46. The molecule has 0 aliphatic heterocycles. The molecule has 1 aromatic carbocycles. The number of hydrogen-bond acceptors (Lipinski definition) is 1. The Hall–Kier alpha value is -0.540. The van der Waals surface area contributed by atoms with Crippen molar-refractivity contribution in [1.82, 2.24) is 9.55 Å². The number of alkyl halides is 1. The lowest BCUT2D eigenvalue weighted by Crippen LogP contribution is -2.26. The number of rotatable bonds is 2. The van der Waals surface area contributed by atoms with Crippen LogP contribution in [0, 0.1) is 5.92 Å². The van der Waals surface area contributed by atoms with Crippen molar-refractivity contribution in [2.75, 3.05) is 0 Å². The van der Waals surface area contributed by atoms with Crippen LogP contribution in [0.15, 0.2) is 22.7 Å². The van der Waals surface area contributed by atoms with Crippen molar-refractivity contribution in [3.63, 3.8) is 0 Å². The lowest BCUT2D eigenvalue weighted by molar-refractivity contribution is 0.216. The van der Waals surface area contributed by atoms with E-state index >= 15 is 0 Å². The van der Waals surface area contributed by atoms with Crippen LogP contribution in [0.4, 0.5) is 0 Å². The minimum atomic E-state index is -0.0490. The number of halogens is 2. The first kappa shape index (κ1) is 12.5. The van der Waals surface area contributed by atoms with E-state index in [1.807, 2.05) is 13.0 Å². The van der Waals surface area contributed by atoms with Crippen LogP contribution in [0.25, 0.3) is 11.0 Å². The van der Waals surface area contributed by atoms with Crippen LogP contribution >= 0.6 is 27.5 Å². The molecule has 0 radical (unpaired) electrons. The highest BCUT2D eigenvalue weighted by atomic mass is 79.9. The quantitative estimate of drug-likeness (QED) is 0.704. The van der Waals surface area contributed by atoms with E-state index in [1.165, 1.54) is 18.4 Å². The number of hydrogen-bond donors (Lipinski definition) is 0. The van der Waals surface area contributed by atoms with E-state index in [2.05, 4.69) is 39.6 Å². The van der Waals surface area contributed by atoms with E-state index in [9.17, 15) is 0 Å². The lowest BCUT2D eigenvalue weighted by Gasteiger charge is -2.35. The fraction of sp³-hybridized carbons (Fsp3) is 0.500. The van der Waals surface area contributed by atoms with Crippen molar-refractivity contribution >= 4 is 38.6 Å². The van der Waals surface area contributed by atoms with E-state index < -0.39 is 0 Å². The molecule has 1 unspecified atom stereocenters. The average molecular weight is 328 g/mol.